The molecule has 0 heterocycles. The van der Waals surface area contributed by atoms with Gasteiger partial charge in [0.2, 0.25) is 0 Å². The molecule has 0 aliphatic rings. The Morgan fingerprint density at radius 1 is 1.00 bits per heavy atom. The summed E-state index contributed by atoms with van der Waals surface area (Å²) in [5.74, 6) is 0. The summed E-state index contributed by atoms with van der Waals surface area (Å²) in [7, 11) is 0. The van der Waals surface area contributed by atoms with Gasteiger partial charge in [0.15, 0.2) is 0 Å². The summed E-state index contributed by atoms with van der Waals surface area (Å²) in [5.41, 5.74) is 2.52. The van der Waals surface area contributed by atoms with E-state index in [1.54, 1.807) is 0 Å². The molecule has 1 aromatic rings. The van der Waals surface area contributed by atoms with Crippen molar-refractivity contribution in [3.05, 3.63) is 35.4 Å². The summed E-state index contributed by atoms with van der Waals surface area (Å²) >= 11 is 0. The van der Waals surface area contributed by atoms with E-state index >= 15 is 0 Å². The molecule has 0 radical (unpaired) electrons. The zero-order chi connectivity index (χ0) is 13.2. The van der Waals surface area contributed by atoms with Crippen molar-refractivity contribution in [2.45, 2.75) is 39.5 Å². The van der Waals surface area contributed by atoms with Crippen LogP contribution in [0.15, 0.2) is 24.3 Å². The van der Waals surface area contributed by atoms with Crippen LogP contribution in [0.2, 0.25) is 0 Å². The molecule has 0 saturated carbocycles. The molecule has 0 amide bonds. The average Bonchev–Trinajstić information content (AvgIpc) is 2.38. The number of nitriles is 1. The molecule has 0 aliphatic carbocycles. The van der Waals surface area contributed by atoms with Crippen molar-refractivity contribution in [3.63, 3.8) is 0 Å². The van der Waals surface area contributed by atoms with Crippen molar-refractivity contribution < 1.29 is 0 Å². The van der Waals surface area contributed by atoms with Gasteiger partial charge in [0.25, 0.3) is 0 Å². The van der Waals surface area contributed by atoms with Crippen LogP contribution in [-0.4, -0.2) is 24.5 Å². The zero-order valence-electron chi connectivity index (χ0n) is 11.7. The SMILES string of the molecule is CCCN(CCC)CCc1ccccc1CC#N. The highest BCUT2D eigenvalue weighted by Gasteiger charge is 2.05. The molecule has 1 rings (SSSR count). The van der Waals surface area contributed by atoms with Crippen LogP contribution in [0.5, 0.6) is 0 Å². The van der Waals surface area contributed by atoms with E-state index in [1.807, 2.05) is 6.07 Å². The van der Waals surface area contributed by atoms with Crippen LogP contribution in [0.1, 0.15) is 37.8 Å². The molecule has 0 fully saturated rings. The lowest BCUT2D eigenvalue weighted by Gasteiger charge is -2.21. The second-order valence-electron chi connectivity index (χ2n) is 4.70. The molecule has 0 unspecified atom stereocenters. The molecular formula is C16H24N2. The highest BCUT2D eigenvalue weighted by atomic mass is 15.1. The molecule has 0 aromatic heterocycles. The first kappa shape index (κ1) is 14.7. The van der Waals surface area contributed by atoms with Gasteiger partial charge in [0, 0.05) is 6.54 Å². The summed E-state index contributed by atoms with van der Waals surface area (Å²) in [4.78, 5) is 2.52. The second-order valence-corrected chi connectivity index (χ2v) is 4.70. The van der Waals surface area contributed by atoms with Crippen LogP contribution in [0.3, 0.4) is 0 Å². The average molecular weight is 244 g/mol. The Kier molecular flexibility index (Phi) is 7.13. The first-order valence-electron chi connectivity index (χ1n) is 6.97. The molecule has 0 aliphatic heterocycles. The van der Waals surface area contributed by atoms with Crippen molar-refractivity contribution in [1.82, 2.24) is 4.90 Å². The van der Waals surface area contributed by atoms with Gasteiger partial charge >= 0.3 is 0 Å². The normalized spacial score (nSPS) is 10.6. The Bertz CT molecular complexity index is 373. The van der Waals surface area contributed by atoms with Crippen LogP contribution in [0.25, 0.3) is 0 Å². The second kappa shape index (κ2) is 8.72. The smallest absolute Gasteiger partial charge is 0.0669 e. The number of rotatable bonds is 8. The van der Waals surface area contributed by atoms with Gasteiger partial charge < -0.3 is 4.90 Å². The maximum Gasteiger partial charge on any atom is 0.0669 e. The summed E-state index contributed by atoms with van der Waals surface area (Å²) in [6.07, 6.45) is 4.00. The van der Waals surface area contributed by atoms with Crippen LogP contribution >= 0.6 is 0 Å². The maximum absolute atomic E-state index is 8.83. The van der Waals surface area contributed by atoms with Crippen LogP contribution in [-0.2, 0) is 12.8 Å². The first-order chi connectivity index (χ1) is 8.81. The van der Waals surface area contributed by atoms with E-state index in [0.717, 1.165) is 13.0 Å². The molecule has 1 aromatic carbocycles. The fourth-order valence-electron chi connectivity index (χ4n) is 2.31. The predicted octanol–water partition coefficient (Wildman–Crippen LogP) is 3.42. The minimum atomic E-state index is 0.526. The summed E-state index contributed by atoms with van der Waals surface area (Å²) in [6.45, 7) is 7.91. The quantitative estimate of drug-likeness (QED) is 0.700. The van der Waals surface area contributed by atoms with Gasteiger partial charge in [-0.25, -0.2) is 0 Å². The molecule has 18 heavy (non-hydrogen) atoms. The van der Waals surface area contributed by atoms with E-state index < -0.39 is 0 Å². The van der Waals surface area contributed by atoms with Crippen molar-refractivity contribution >= 4 is 0 Å². The van der Waals surface area contributed by atoms with E-state index in [2.05, 4.69) is 43.0 Å². The molecule has 2 heteroatoms. The lowest BCUT2D eigenvalue weighted by atomic mass is 10.0. The molecule has 0 N–H and O–H groups in total. The van der Waals surface area contributed by atoms with E-state index in [9.17, 15) is 0 Å². The highest BCUT2D eigenvalue weighted by Crippen LogP contribution is 2.11. The first-order valence-corrected chi connectivity index (χ1v) is 6.97. The van der Waals surface area contributed by atoms with E-state index in [1.165, 1.54) is 37.1 Å². The fourth-order valence-corrected chi connectivity index (χ4v) is 2.31. The summed E-state index contributed by atoms with van der Waals surface area (Å²) < 4.78 is 0. The molecule has 0 saturated heterocycles. The van der Waals surface area contributed by atoms with Crippen molar-refractivity contribution in [2.75, 3.05) is 19.6 Å². The summed E-state index contributed by atoms with van der Waals surface area (Å²) in [6, 6.07) is 10.6. The highest BCUT2D eigenvalue weighted by molar-refractivity contribution is 5.29. The minimum absolute atomic E-state index is 0.526. The number of benzene rings is 1. The van der Waals surface area contributed by atoms with E-state index in [4.69, 9.17) is 5.26 Å². The third-order valence-electron chi connectivity index (χ3n) is 3.16. The van der Waals surface area contributed by atoms with Crippen LogP contribution in [0, 0.1) is 11.3 Å². The van der Waals surface area contributed by atoms with Gasteiger partial charge in [0.1, 0.15) is 0 Å². The summed E-state index contributed by atoms with van der Waals surface area (Å²) in [5, 5.41) is 8.83. The number of nitrogens with zero attached hydrogens (tertiary/aromatic N) is 2. The molecule has 98 valence electrons. The van der Waals surface area contributed by atoms with E-state index in [0.29, 0.717) is 6.42 Å². The molecule has 0 atom stereocenters. The number of hydrogen-bond donors (Lipinski definition) is 0. The van der Waals surface area contributed by atoms with Gasteiger partial charge in [-0.2, -0.15) is 5.26 Å². The van der Waals surface area contributed by atoms with Gasteiger partial charge in [-0.05, 0) is 43.5 Å². The lowest BCUT2D eigenvalue weighted by molar-refractivity contribution is 0.278. The van der Waals surface area contributed by atoms with Crippen molar-refractivity contribution in [2.24, 2.45) is 0 Å². The lowest BCUT2D eigenvalue weighted by Crippen LogP contribution is -2.28. The predicted molar refractivity (Wildman–Crippen MR) is 76.5 cm³/mol. The van der Waals surface area contributed by atoms with Crippen LogP contribution in [0.4, 0.5) is 0 Å². The standard InChI is InChI=1S/C16H24N2/c1-3-12-18(13-4-2)14-10-16-8-6-5-7-15(16)9-11-17/h5-8H,3-4,9-10,12-14H2,1-2H3. The third-order valence-corrected chi connectivity index (χ3v) is 3.16. The largest absolute Gasteiger partial charge is 0.303 e. The molecule has 0 spiro atoms. The monoisotopic (exact) mass is 244 g/mol. The molecular weight excluding hydrogens is 220 g/mol. The van der Waals surface area contributed by atoms with Gasteiger partial charge in [0.05, 0.1) is 12.5 Å². The van der Waals surface area contributed by atoms with Crippen molar-refractivity contribution in [3.8, 4) is 6.07 Å². The Hall–Kier alpha value is -1.33. The van der Waals surface area contributed by atoms with Crippen molar-refractivity contribution in [1.29, 1.82) is 5.26 Å². The fraction of sp³-hybridized carbons (Fsp3) is 0.562. The Morgan fingerprint density at radius 3 is 2.17 bits per heavy atom. The Labute approximate surface area is 111 Å². The van der Waals surface area contributed by atoms with Gasteiger partial charge in [-0.3, -0.25) is 0 Å². The Balaban J connectivity index is 2.58. The van der Waals surface area contributed by atoms with Crippen LogP contribution < -0.4 is 0 Å². The zero-order valence-corrected chi connectivity index (χ0v) is 11.7. The maximum atomic E-state index is 8.83. The minimum Gasteiger partial charge on any atom is -0.303 e. The number of hydrogen-bond acceptors (Lipinski definition) is 2. The van der Waals surface area contributed by atoms with E-state index in [-0.39, 0.29) is 0 Å². The topological polar surface area (TPSA) is 27.0 Å². The molecule has 0 bridgehead atoms. The third kappa shape index (κ3) is 4.89. The Morgan fingerprint density at radius 2 is 1.61 bits per heavy atom. The molecule has 2 nitrogen and oxygen atoms in total. The van der Waals surface area contributed by atoms with Gasteiger partial charge in [-0.1, -0.05) is 38.1 Å². The van der Waals surface area contributed by atoms with Gasteiger partial charge in [-0.15, -0.1) is 0 Å².